The van der Waals surface area contributed by atoms with Crippen LogP contribution >= 0.6 is 24.2 Å². The van der Waals surface area contributed by atoms with E-state index in [0.717, 1.165) is 61.8 Å². The second-order valence-corrected chi connectivity index (χ2v) is 8.51. The number of nitrogens with one attached hydrogen (secondary N) is 2. The van der Waals surface area contributed by atoms with Crippen LogP contribution in [0.15, 0.2) is 24.3 Å². The van der Waals surface area contributed by atoms with Crippen molar-refractivity contribution in [1.29, 1.82) is 0 Å². The molecule has 0 aliphatic carbocycles. The lowest BCUT2D eigenvalue weighted by molar-refractivity contribution is -0.131. The van der Waals surface area contributed by atoms with Gasteiger partial charge in [0.05, 0.1) is 18.4 Å². The van der Waals surface area contributed by atoms with Crippen molar-refractivity contribution >= 4 is 41.7 Å². The van der Waals surface area contributed by atoms with E-state index < -0.39 is 5.41 Å². The number of rotatable bonds is 6. The quantitative estimate of drug-likeness (QED) is 0.728. The summed E-state index contributed by atoms with van der Waals surface area (Å²) in [5.74, 6) is 2.24. The maximum absolute atomic E-state index is 12.9. The predicted octanol–water partition coefficient (Wildman–Crippen LogP) is 2.18. The number of carbonyl (C=O) groups is 2. The molecule has 1 aromatic rings. The van der Waals surface area contributed by atoms with Crippen molar-refractivity contribution < 1.29 is 14.3 Å². The predicted molar refractivity (Wildman–Crippen MR) is 116 cm³/mol. The number of nitrogens with zero attached hydrogens (tertiary/aromatic N) is 1. The molecule has 0 spiro atoms. The molecule has 0 unspecified atom stereocenters. The molecule has 1 aromatic carbocycles. The zero-order valence-electron chi connectivity index (χ0n) is 16.4. The summed E-state index contributed by atoms with van der Waals surface area (Å²) in [6.07, 6.45) is 1.96. The molecule has 0 saturated carbocycles. The Hall–Kier alpha value is -1.28. The van der Waals surface area contributed by atoms with Gasteiger partial charge >= 0.3 is 0 Å². The molecule has 2 saturated heterocycles. The van der Waals surface area contributed by atoms with Crippen molar-refractivity contribution in [2.75, 3.05) is 56.7 Å². The van der Waals surface area contributed by atoms with Gasteiger partial charge in [0.2, 0.25) is 11.8 Å². The van der Waals surface area contributed by atoms with Crippen LogP contribution in [0.5, 0.6) is 0 Å². The third-order valence-electron chi connectivity index (χ3n) is 5.39. The van der Waals surface area contributed by atoms with Crippen molar-refractivity contribution in [2.45, 2.75) is 19.3 Å². The third-order valence-corrected chi connectivity index (χ3v) is 6.34. The molecule has 2 amide bonds. The molecule has 28 heavy (non-hydrogen) atoms. The molecular weight excluding hydrogens is 398 g/mol. The van der Waals surface area contributed by atoms with Gasteiger partial charge in [-0.1, -0.05) is 12.1 Å². The van der Waals surface area contributed by atoms with Gasteiger partial charge < -0.3 is 20.3 Å². The smallest absolute Gasteiger partial charge is 0.233 e. The Morgan fingerprint density at radius 2 is 1.82 bits per heavy atom. The number of ether oxygens (including phenoxy) is 1. The van der Waals surface area contributed by atoms with Gasteiger partial charge in [-0.15, -0.1) is 12.4 Å². The van der Waals surface area contributed by atoms with Crippen LogP contribution in [0.1, 0.15) is 18.4 Å². The van der Waals surface area contributed by atoms with E-state index in [1.165, 1.54) is 0 Å². The van der Waals surface area contributed by atoms with E-state index in [4.69, 9.17) is 4.74 Å². The highest BCUT2D eigenvalue weighted by molar-refractivity contribution is 7.99. The fourth-order valence-corrected chi connectivity index (χ4v) is 4.59. The summed E-state index contributed by atoms with van der Waals surface area (Å²) in [5, 5.41) is 6.33. The third kappa shape index (κ3) is 5.86. The summed E-state index contributed by atoms with van der Waals surface area (Å²) in [6, 6.07) is 7.62. The average molecular weight is 428 g/mol. The summed E-state index contributed by atoms with van der Waals surface area (Å²) >= 11 is 1.90. The minimum Gasteiger partial charge on any atom is -0.384 e. The Kier molecular flexibility index (Phi) is 9.08. The fraction of sp³-hybridized carbons (Fsp3) is 0.600. The Bertz CT molecular complexity index is 639. The molecule has 156 valence electrons. The number of halogens is 1. The van der Waals surface area contributed by atoms with E-state index in [1.807, 2.05) is 40.9 Å². The second-order valence-electron chi connectivity index (χ2n) is 7.28. The van der Waals surface area contributed by atoms with Crippen molar-refractivity contribution in [3.8, 4) is 0 Å². The minimum absolute atomic E-state index is 0. The number of anilines is 1. The van der Waals surface area contributed by atoms with Crippen molar-refractivity contribution in [1.82, 2.24) is 10.2 Å². The van der Waals surface area contributed by atoms with Crippen LogP contribution in [0.3, 0.4) is 0 Å². The Morgan fingerprint density at radius 1 is 1.18 bits per heavy atom. The number of hydrogen-bond acceptors (Lipinski definition) is 5. The van der Waals surface area contributed by atoms with E-state index in [1.54, 1.807) is 7.11 Å². The van der Waals surface area contributed by atoms with Crippen LogP contribution in [0.2, 0.25) is 0 Å². The first-order valence-electron chi connectivity index (χ1n) is 9.58. The molecule has 0 aromatic heterocycles. The Labute approximate surface area is 177 Å². The largest absolute Gasteiger partial charge is 0.384 e. The first kappa shape index (κ1) is 23.0. The number of piperidine rings is 1. The van der Waals surface area contributed by atoms with Crippen LogP contribution in [0, 0.1) is 5.41 Å². The summed E-state index contributed by atoms with van der Waals surface area (Å²) in [7, 11) is 1.64. The minimum atomic E-state index is -0.471. The maximum atomic E-state index is 12.9. The zero-order chi connectivity index (χ0) is 19.1. The van der Waals surface area contributed by atoms with Gasteiger partial charge in [0.1, 0.15) is 0 Å². The molecule has 2 aliphatic heterocycles. The van der Waals surface area contributed by atoms with Gasteiger partial charge in [-0.3, -0.25) is 9.59 Å². The van der Waals surface area contributed by atoms with Crippen LogP contribution < -0.4 is 10.6 Å². The lowest BCUT2D eigenvalue weighted by Crippen LogP contribution is -2.47. The van der Waals surface area contributed by atoms with E-state index in [-0.39, 0.29) is 24.2 Å². The highest BCUT2D eigenvalue weighted by atomic mass is 35.5. The number of carbonyl (C=O) groups excluding carboxylic acids is 2. The van der Waals surface area contributed by atoms with Crippen LogP contribution in [-0.4, -0.2) is 68.1 Å². The number of amides is 2. The number of thioether (sulfide) groups is 1. The molecule has 3 rings (SSSR count). The average Bonchev–Trinajstić information content (AvgIpc) is 2.71. The van der Waals surface area contributed by atoms with Crippen molar-refractivity contribution in [2.24, 2.45) is 5.41 Å². The van der Waals surface area contributed by atoms with Crippen molar-refractivity contribution in [3.05, 3.63) is 29.8 Å². The maximum Gasteiger partial charge on any atom is 0.233 e. The number of hydrogen-bond donors (Lipinski definition) is 2. The van der Waals surface area contributed by atoms with Gasteiger partial charge in [0, 0.05) is 37.4 Å². The van der Waals surface area contributed by atoms with Gasteiger partial charge in [0.25, 0.3) is 0 Å². The fourth-order valence-electron chi connectivity index (χ4n) is 3.69. The molecule has 0 radical (unpaired) electrons. The standard InChI is InChI=1S/C20H29N3O3S.ClH/c1-26-15-20(6-8-21-9-7-20)19(25)22-17-4-2-16(3-5-17)14-18(24)23-10-12-27-13-11-23;/h2-5,21H,6-15H2,1H3,(H,22,25);1H. The second kappa shape index (κ2) is 11.0. The van der Waals surface area contributed by atoms with Crippen LogP contribution in [0.25, 0.3) is 0 Å². The zero-order valence-corrected chi connectivity index (χ0v) is 18.0. The summed E-state index contributed by atoms with van der Waals surface area (Å²) in [5.41, 5.74) is 1.27. The SMILES string of the molecule is COCC1(C(=O)Nc2ccc(CC(=O)N3CCSCC3)cc2)CCNCC1.Cl. The topological polar surface area (TPSA) is 70.7 Å². The lowest BCUT2D eigenvalue weighted by Gasteiger charge is -2.35. The van der Waals surface area contributed by atoms with E-state index in [0.29, 0.717) is 13.0 Å². The molecule has 6 nitrogen and oxygen atoms in total. The first-order chi connectivity index (χ1) is 13.1. The van der Waals surface area contributed by atoms with E-state index >= 15 is 0 Å². The number of methoxy groups -OCH3 is 1. The molecular formula is C20H30ClN3O3S. The monoisotopic (exact) mass is 427 g/mol. The summed E-state index contributed by atoms with van der Waals surface area (Å²) in [6.45, 7) is 3.77. The number of benzene rings is 1. The van der Waals surface area contributed by atoms with Gasteiger partial charge in [-0.25, -0.2) is 0 Å². The summed E-state index contributed by atoms with van der Waals surface area (Å²) in [4.78, 5) is 27.2. The Balaban J connectivity index is 0.00000280. The van der Waals surface area contributed by atoms with E-state index in [9.17, 15) is 9.59 Å². The first-order valence-corrected chi connectivity index (χ1v) is 10.7. The van der Waals surface area contributed by atoms with E-state index in [2.05, 4.69) is 10.6 Å². The molecule has 2 N–H and O–H groups in total. The highest BCUT2D eigenvalue weighted by Gasteiger charge is 2.39. The molecule has 8 heteroatoms. The molecule has 0 atom stereocenters. The van der Waals surface area contributed by atoms with Gasteiger partial charge in [-0.2, -0.15) is 11.8 Å². The molecule has 0 bridgehead atoms. The Morgan fingerprint density at radius 3 is 2.43 bits per heavy atom. The van der Waals surface area contributed by atoms with Gasteiger partial charge in [0.15, 0.2) is 0 Å². The lowest BCUT2D eigenvalue weighted by atomic mass is 9.78. The van der Waals surface area contributed by atoms with Crippen molar-refractivity contribution in [3.63, 3.8) is 0 Å². The highest BCUT2D eigenvalue weighted by Crippen LogP contribution is 2.31. The molecule has 2 aliphatic rings. The summed E-state index contributed by atoms with van der Waals surface area (Å²) < 4.78 is 5.33. The molecule has 2 fully saturated rings. The molecule has 2 heterocycles. The van der Waals surface area contributed by atoms with Crippen LogP contribution in [0.4, 0.5) is 5.69 Å². The normalized spacial score (nSPS) is 18.8. The van der Waals surface area contributed by atoms with Gasteiger partial charge in [-0.05, 0) is 43.6 Å². The van der Waals surface area contributed by atoms with Crippen LogP contribution in [-0.2, 0) is 20.7 Å².